The van der Waals surface area contributed by atoms with Gasteiger partial charge in [-0.05, 0) is 0 Å². The van der Waals surface area contributed by atoms with Gasteiger partial charge in [0.2, 0.25) is 0 Å². The fourth-order valence-electron chi connectivity index (χ4n) is 1.49. The van der Waals surface area contributed by atoms with E-state index >= 15 is 0 Å². The number of nitrogens with one attached hydrogen (secondary N) is 1. The molecule has 0 fully saturated rings. The number of esters is 1. The summed E-state index contributed by atoms with van der Waals surface area (Å²) in [4.78, 5) is 23.8. The lowest BCUT2D eigenvalue weighted by Crippen LogP contribution is -2.13. The third kappa shape index (κ3) is 3.44. The minimum atomic E-state index is -2.59. The van der Waals surface area contributed by atoms with Gasteiger partial charge >= 0.3 is 5.97 Å². The number of Topliss-reactive ketones (excluding diaryl/α,β-unsaturated/α-hetero) is 1. The smallest absolute Gasteiger partial charge is 0.343 e. The van der Waals surface area contributed by atoms with Gasteiger partial charge in [0.1, 0.15) is 10.6 Å². The zero-order chi connectivity index (χ0) is 15.4. The Morgan fingerprint density at radius 1 is 1.40 bits per heavy atom. The normalized spacial score (nSPS) is 10.9. The van der Waals surface area contributed by atoms with Gasteiger partial charge in [0, 0.05) is 5.92 Å². The molecule has 1 heterocycles. The van der Waals surface area contributed by atoms with Crippen LogP contribution in [0.5, 0.6) is 0 Å². The van der Waals surface area contributed by atoms with Crippen LogP contribution in [0.15, 0.2) is 0 Å². The van der Waals surface area contributed by atoms with Crippen LogP contribution in [0.3, 0.4) is 0 Å². The number of thiophene rings is 1. The van der Waals surface area contributed by atoms with Crippen LogP contribution in [-0.2, 0) is 4.74 Å². The Hall–Kier alpha value is -1.70. The summed E-state index contributed by atoms with van der Waals surface area (Å²) in [6.07, 6.45) is -2.59. The van der Waals surface area contributed by atoms with Crippen molar-refractivity contribution in [2.45, 2.75) is 20.3 Å². The average Bonchev–Trinajstić information content (AvgIpc) is 2.71. The SMILES string of the molecule is COC(=O)c1c(NCC(F)F)sc(C(=O)C(C)C)c1N. The lowest BCUT2D eigenvalue weighted by atomic mass is 10.1. The van der Waals surface area contributed by atoms with E-state index in [2.05, 4.69) is 10.1 Å². The number of hydrogen-bond acceptors (Lipinski definition) is 6. The number of nitrogen functional groups attached to an aromatic ring is 1. The van der Waals surface area contributed by atoms with Crippen LogP contribution in [0.4, 0.5) is 19.5 Å². The van der Waals surface area contributed by atoms with Crippen molar-refractivity contribution in [2.75, 3.05) is 24.7 Å². The van der Waals surface area contributed by atoms with E-state index in [0.717, 1.165) is 18.4 Å². The number of nitrogens with two attached hydrogens (primary N) is 1. The number of halogens is 2. The zero-order valence-electron chi connectivity index (χ0n) is 11.3. The molecular formula is C12H16F2N2O3S. The number of alkyl halides is 2. The van der Waals surface area contributed by atoms with Crippen molar-refractivity contribution in [2.24, 2.45) is 5.92 Å². The van der Waals surface area contributed by atoms with E-state index in [9.17, 15) is 18.4 Å². The van der Waals surface area contributed by atoms with E-state index in [1.807, 2.05) is 0 Å². The van der Waals surface area contributed by atoms with E-state index in [0.29, 0.717) is 0 Å². The standard InChI is InChI=1S/C12H16F2N2O3S/c1-5(2)9(17)10-8(15)7(12(18)19-3)11(20-10)16-4-6(13)14/h5-6,16H,4,15H2,1-3H3. The Kier molecular flexibility index (Phi) is 5.43. The van der Waals surface area contributed by atoms with Crippen molar-refractivity contribution in [3.8, 4) is 0 Å². The highest BCUT2D eigenvalue weighted by atomic mass is 32.1. The first-order valence-electron chi connectivity index (χ1n) is 5.86. The maximum absolute atomic E-state index is 12.3. The monoisotopic (exact) mass is 306 g/mol. The fourth-order valence-corrected chi connectivity index (χ4v) is 2.69. The van der Waals surface area contributed by atoms with E-state index in [4.69, 9.17) is 5.73 Å². The van der Waals surface area contributed by atoms with Crippen molar-refractivity contribution in [1.82, 2.24) is 0 Å². The summed E-state index contributed by atoms with van der Waals surface area (Å²) in [6.45, 7) is 2.73. The zero-order valence-corrected chi connectivity index (χ0v) is 12.1. The number of anilines is 2. The molecule has 20 heavy (non-hydrogen) atoms. The van der Waals surface area contributed by atoms with Gasteiger partial charge < -0.3 is 15.8 Å². The van der Waals surface area contributed by atoms with Gasteiger partial charge in [-0.1, -0.05) is 13.8 Å². The number of carbonyl (C=O) groups is 2. The molecule has 8 heteroatoms. The van der Waals surface area contributed by atoms with Crippen LogP contribution in [0.1, 0.15) is 33.9 Å². The maximum atomic E-state index is 12.3. The minimum Gasteiger partial charge on any atom is -0.465 e. The predicted octanol–water partition coefficient (Wildman–Crippen LogP) is 2.63. The topological polar surface area (TPSA) is 81.4 Å². The molecule has 1 aromatic heterocycles. The number of carbonyl (C=O) groups excluding carboxylic acids is 2. The summed E-state index contributed by atoms with van der Waals surface area (Å²) in [7, 11) is 1.15. The molecule has 0 radical (unpaired) electrons. The Bertz CT molecular complexity index is 515. The Morgan fingerprint density at radius 3 is 2.45 bits per heavy atom. The molecule has 5 nitrogen and oxygen atoms in total. The molecule has 3 N–H and O–H groups in total. The molecule has 0 bridgehead atoms. The third-order valence-corrected chi connectivity index (χ3v) is 3.68. The Morgan fingerprint density at radius 2 is 2.00 bits per heavy atom. The third-order valence-electron chi connectivity index (χ3n) is 2.50. The first kappa shape index (κ1) is 16.4. The molecule has 0 unspecified atom stereocenters. The van der Waals surface area contributed by atoms with Gasteiger partial charge in [0.05, 0.1) is 24.2 Å². The molecule has 0 amide bonds. The van der Waals surface area contributed by atoms with Gasteiger partial charge in [-0.15, -0.1) is 11.3 Å². The van der Waals surface area contributed by atoms with Crippen molar-refractivity contribution < 1.29 is 23.1 Å². The molecule has 1 rings (SSSR count). The van der Waals surface area contributed by atoms with Crippen LogP contribution in [0.2, 0.25) is 0 Å². The van der Waals surface area contributed by atoms with Crippen LogP contribution in [0, 0.1) is 5.92 Å². The van der Waals surface area contributed by atoms with Crippen LogP contribution in [0.25, 0.3) is 0 Å². The van der Waals surface area contributed by atoms with E-state index in [-0.39, 0.29) is 32.8 Å². The molecule has 112 valence electrons. The van der Waals surface area contributed by atoms with Gasteiger partial charge in [0.25, 0.3) is 6.43 Å². The van der Waals surface area contributed by atoms with Gasteiger partial charge in [0.15, 0.2) is 5.78 Å². The van der Waals surface area contributed by atoms with Crippen LogP contribution >= 0.6 is 11.3 Å². The molecule has 0 aliphatic heterocycles. The summed E-state index contributed by atoms with van der Waals surface area (Å²) >= 11 is 0.888. The number of ketones is 1. The molecule has 0 aromatic carbocycles. The molecule has 0 aliphatic carbocycles. The molecule has 0 atom stereocenters. The fraction of sp³-hybridized carbons (Fsp3) is 0.500. The highest BCUT2D eigenvalue weighted by Crippen LogP contribution is 2.37. The molecule has 0 saturated carbocycles. The van der Waals surface area contributed by atoms with E-state index in [1.165, 1.54) is 0 Å². The van der Waals surface area contributed by atoms with Crippen molar-refractivity contribution in [3.63, 3.8) is 0 Å². The van der Waals surface area contributed by atoms with Gasteiger partial charge in [-0.2, -0.15) is 0 Å². The maximum Gasteiger partial charge on any atom is 0.343 e. The summed E-state index contributed by atoms with van der Waals surface area (Å²) in [5.41, 5.74) is 5.69. The summed E-state index contributed by atoms with van der Waals surface area (Å²) in [5.74, 6) is -1.33. The average molecular weight is 306 g/mol. The molecule has 0 saturated heterocycles. The van der Waals surface area contributed by atoms with Crippen LogP contribution in [-0.4, -0.2) is 31.8 Å². The lowest BCUT2D eigenvalue weighted by Gasteiger charge is -2.05. The molecular weight excluding hydrogens is 290 g/mol. The second kappa shape index (κ2) is 6.65. The lowest BCUT2D eigenvalue weighted by molar-refractivity contribution is 0.0603. The van der Waals surface area contributed by atoms with Crippen molar-refractivity contribution in [3.05, 3.63) is 10.4 Å². The highest BCUT2D eigenvalue weighted by Gasteiger charge is 2.27. The van der Waals surface area contributed by atoms with Crippen molar-refractivity contribution >= 4 is 33.8 Å². The second-order valence-electron chi connectivity index (χ2n) is 4.33. The highest BCUT2D eigenvalue weighted by molar-refractivity contribution is 7.19. The molecule has 0 spiro atoms. The van der Waals surface area contributed by atoms with Crippen molar-refractivity contribution in [1.29, 1.82) is 0 Å². The summed E-state index contributed by atoms with van der Waals surface area (Å²) in [5, 5.41) is 2.54. The summed E-state index contributed by atoms with van der Waals surface area (Å²) < 4.78 is 29.1. The van der Waals surface area contributed by atoms with E-state index in [1.54, 1.807) is 13.8 Å². The molecule has 1 aromatic rings. The van der Waals surface area contributed by atoms with Crippen LogP contribution < -0.4 is 11.1 Å². The quantitative estimate of drug-likeness (QED) is 0.623. The first-order chi connectivity index (χ1) is 9.29. The Balaban J connectivity index is 3.24. The minimum absolute atomic E-state index is 0.0303. The number of hydrogen-bond donors (Lipinski definition) is 2. The van der Waals surface area contributed by atoms with E-state index < -0.39 is 18.9 Å². The molecule has 0 aliphatic rings. The number of ether oxygens (including phenoxy) is 1. The number of rotatable bonds is 6. The Labute approximate surface area is 119 Å². The largest absolute Gasteiger partial charge is 0.465 e. The first-order valence-corrected chi connectivity index (χ1v) is 6.68. The summed E-state index contributed by atoms with van der Waals surface area (Å²) in [6, 6.07) is 0. The second-order valence-corrected chi connectivity index (χ2v) is 5.35. The predicted molar refractivity (Wildman–Crippen MR) is 73.7 cm³/mol. The number of methoxy groups -OCH3 is 1. The van der Waals surface area contributed by atoms with Gasteiger partial charge in [-0.3, -0.25) is 4.79 Å². The van der Waals surface area contributed by atoms with Gasteiger partial charge in [-0.25, -0.2) is 13.6 Å².